The summed E-state index contributed by atoms with van der Waals surface area (Å²) in [4.78, 5) is 25.6. The molecule has 2 heterocycles. The Morgan fingerprint density at radius 3 is 2.64 bits per heavy atom. The van der Waals surface area contributed by atoms with Crippen molar-refractivity contribution in [1.82, 2.24) is 9.55 Å². The molecule has 4 atom stereocenters. The van der Waals surface area contributed by atoms with Crippen molar-refractivity contribution in [2.24, 2.45) is 5.92 Å². The van der Waals surface area contributed by atoms with Crippen molar-refractivity contribution in [3.05, 3.63) is 32.6 Å². The molecule has 0 bridgehead atoms. The number of aliphatic hydroxyl groups excluding tert-OH is 1. The molecule has 1 aromatic heterocycles. The number of H-pyrrole nitrogens is 1. The van der Waals surface area contributed by atoms with Crippen LogP contribution in [0.5, 0.6) is 0 Å². The molecule has 0 aliphatic carbocycles. The minimum atomic E-state index is -2.16. The zero-order valence-electron chi connectivity index (χ0n) is 13.3. The number of aryl methyl sites for hydroxylation is 1. The van der Waals surface area contributed by atoms with Crippen molar-refractivity contribution in [2.75, 3.05) is 19.5 Å². The van der Waals surface area contributed by atoms with Crippen molar-refractivity contribution >= 4 is 7.14 Å². The van der Waals surface area contributed by atoms with Gasteiger partial charge in [-0.15, -0.1) is 0 Å². The number of hydrogen-bond donors (Lipinski definition) is 2. The van der Waals surface area contributed by atoms with E-state index in [1.54, 1.807) is 20.3 Å². The molecular weight excluding hydrogens is 307 g/mol. The van der Waals surface area contributed by atoms with Crippen LogP contribution in [0.2, 0.25) is 0 Å². The van der Waals surface area contributed by atoms with Crippen molar-refractivity contribution in [1.29, 1.82) is 0 Å². The van der Waals surface area contributed by atoms with Gasteiger partial charge in [0, 0.05) is 23.8 Å². The lowest BCUT2D eigenvalue weighted by Crippen LogP contribution is -2.37. The van der Waals surface area contributed by atoms with E-state index in [4.69, 9.17) is 4.74 Å². The Bertz CT molecular complexity index is 704. The van der Waals surface area contributed by atoms with Crippen LogP contribution < -0.4 is 11.2 Å². The van der Waals surface area contributed by atoms with E-state index in [-0.39, 0.29) is 12.0 Å². The number of aliphatic hydroxyl groups is 1. The molecule has 0 amide bonds. The van der Waals surface area contributed by atoms with Gasteiger partial charge < -0.3 is 14.4 Å². The third-order valence-corrected chi connectivity index (χ3v) is 5.44. The zero-order chi connectivity index (χ0) is 16.7. The highest BCUT2D eigenvalue weighted by Crippen LogP contribution is 2.41. The number of aromatic amines is 1. The Balaban J connectivity index is 2.23. The molecule has 124 valence electrons. The van der Waals surface area contributed by atoms with Crippen molar-refractivity contribution in [3.8, 4) is 0 Å². The van der Waals surface area contributed by atoms with Crippen LogP contribution in [0.3, 0.4) is 0 Å². The van der Waals surface area contributed by atoms with E-state index in [1.807, 2.05) is 6.92 Å². The smallest absolute Gasteiger partial charge is 0.330 e. The van der Waals surface area contributed by atoms with Gasteiger partial charge in [-0.2, -0.15) is 0 Å². The first-order valence-corrected chi connectivity index (χ1v) is 10.1. The first-order chi connectivity index (χ1) is 10.1. The monoisotopic (exact) mass is 330 g/mol. The fourth-order valence-corrected chi connectivity index (χ4v) is 3.51. The van der Waals surface area contributed by atoms with Gasteiger partial charge in [-0.05, 0) is 26.7 Å². The third kappa shape index (κ3) is 3.59. The summed E-state index contributed by atoms with van der Waals surface area (Å²) in [6, 6.07) is 0. The van der Waals surface area contributed by atoms with Gasteiger partial charge in [0.1, 0.15) is 6.10 Å². The summed E-state index contributed by atoms with van der Waals surface area (Å²) < 4.78 is 18.9. The molecular formula is C14H23N2O5P. The average Bonchev–Trinajstić information content (AvgIpc) is 2.68. The maximum Gasteiger partial charge on any atom is 0.330 e. The quantitative estimate of drug-likeness (QED) is 0.794. The maximum absolute atomic E-state index is 11.9. The molecule has 1 fully saturated rings. The molecule has 1 aliphatic rings. The molecule has 7 nitrogen and oxygen atoms in total. The van der Waals surface area contributed by atoms with Gasteiger partial charge in [-0.25, -0.2) is 4.79 Å². The Labute approximate surface area is 128 Å². The normalized spacial score (nSPS) is 29.0. The van der Waals surface area contributed by atoms with Gasteiger partial charge in [0.25, 0.3) is 5.56 Å². The van der Waals surface area contributed by atoms with Gasteiger partial charge in [0.2, 0.25) is 0 Å². The highest BCUT2D eigenvalue weighted by atomic mass is 31.2. The molecule has 2 N–H and O–H groups in total. The van der Waals surface area contributed by atoms with Crippen molar-refractivity contribution < 1.29 is 14.4 Å². The standard InChI is InChI=1S/C14H23N2O5P/c1-8-7-16(14(19)15-12(8)18)13-11(17)9(2)10(21-13)5-6-22(3,4)20/h7,9-11,13,17H,5-6H2,1-4H3,(H,15,18,19)/t9-,10-,11+,13-/m1/s1. The van der Waals surface area contributed by atoms with E-state index in [1.165, 1.54) is 10.8 Å². The van der Waals surface area contributed by atoms with Gasteiger partial charge in [0.15, 0.2) is 6.23 Å². The van der Waals surface area contributed by atoms with Gasteiger partial charge in [0.05, 0.1) is 13.2 Å². The number of nitrogens with one attached hydrogen (secondary N) is 1. The summed E-state index contributed by atoms with van der Waals surface area (Å²) in [6.07, 6.45) is 0.524. The number of ether oxygens (including phenoxy) is 1. The predicted molar refractivity (Wildman–Crippen MR) is 84.1 cm³/mol. The number of rotatable bonds is 4. The van der Waals surface area contributed by atoms with E-state index in [9.17, 15) is 19.3 Å². The van der Waals surface area contributed by atoms with E-state index >= 15 is 0 Å². The second-order valence-electron chi connectivity index (χ2n) is 6.48. The van der Waals surface area contributed by atoms with Crippen LogP contribution in [0.1, 0.15) is 25.1 Å². The van der Waals surface area contributed by atoms with Crippen molar-refractivity contribution in [2.45, 2.75) is 38.7 Å². The Morgan fingerprint density at radius 2 is 2.05 bits per heavy atom. The fraction of sp³-hybridized carbons (Fsp3) is 0.714. The van der Waals surface area contributed by atoms with E-state index in [0.29, 0.717) is 18.1 Å². The summed E-state index contributed by atoms with van der Waals surface area (Å²) in [7, 11) is -2.16. The molecule has 8 heteroatoms. The van der Waals surface area contributed by atoms with E-state index in [2.05, 4.69) is 4.98 Å². The van der Waals surface area contributed by atoms with Crippen LogP contribution in [-0.2, 0) is 9.30 Å². The minimum absolute atomic E-state index is 0.185. The second kappa shape index (κ2) is 6.14. The molecule has 0 saturated carbocycles. The highest BCUT2D eigenvalue weighted by Gasteiger charge is 2.42. The highest BCUT2D eigenvalue weighted by molar-refractivity contribution is 7.62. The van der Waals surface area contributed by atoms with Gasteiger partial charge in [-0.1, -0.05) is 6.92 Å². The van der Waals surface area contributed by atoms with Gasteiger partial charge >= 0.3 is 5.69 Å². The fourth-order valence-electron chi connectivity index (χ4n) is 2.64. The Morgan fingerprint density at radius 1 is 1.41 bits per heavy atom. The topological polar surface area (TPSA) is 101 Å². The second-order valence-corrected chi connectivity index (χ2v) is 10.1. The lowest BCUT2D eigenvalue weighted by molar-refractivity contribution is -0.0403. The average molecular weight is 330 g/mol. The molecule has 1 saturated heterocycles. The lowest BCUT2D eigenvalue weighted by Gasteiger charge is -2.18. The number of hydrogen-bond acceptors (Lipinski definition) is 5. The Kier molecular flexibility index (Phi) is 4.80. The first kappa shape index (κ1) is 17.2. The zero-order valence-corrected chi connectivity index (χ0v) is 14.2. The molecule has 0 spiro atoms. The molecule has 0 unspecified atom stereocenters. The summed E-state index contributed by atoms with van der Waals surface area (Å²) in [5.41, 5.74) is -0.682. The maximum atomic E-state index is 11.9. The molecule has 0 aromatic carbocycles. The van der Waals surface area contributed by atoms with E-state index < -0.39 is 30.7 Å². The van der Waals surface area contributed by atoms with Crippen LogP contribution in [0, 0.1) is 12.8 Å². The summed E-state index contributed by atoms with van der Waals surface area (Å²) in [5, 5.41) is 10.3. The van der Waals surface area contributed by atoms with Crippen LogP contribution >= 0.6 is 7.14 Å². The van der Waals surface area contributed by atoms with Crippen LogP contribution in [0.15, 0.2) is 15.8 Å². The SMILES string of the molecule is Cc1cn([C@@H]2O[C@H](CCP(C)(C)=O)[C@@H](C)[C@@H]2O)c(=O)[nH]c1=O. The van der Waals surface area contributed by atoms with Gasteiger partial charge in [-0.3, -0.25) is 14.3 Å². The minimum Gasteiger partial charge on any atom is -0.388 e. The molecule has 22 heavy (non-hydrogen) atoms. The predicted octanol–water partition coefficient (Wildman–Crippen LogP) is 0.752. The molecule has 1 aromatic rings. The number of nitrogens with zero attached hydrogens (tertiary/aromatic N) is 1. The van der Waals surface area contributed by atoms with E-state index in [0.717, 1.165) is 0 Å². The lowest BCUT2D eigenvalue weighted by atomic mass is 9.99. The molecule has 1 aliphatic heterocycles. The third-order valence-electron chi connectivity index (χ3n) is 4.10. The van der Waals surface area contributed by atoms with Crippen LogP contribution in [0.4, 0.5) is 0 Å². The Hall–Kier alpha value is -1.17. The first-order valence-electron chi connectivity index (χ1n) is 7.30. The largest absolute Gasteiger partial charge is 0.388 e. The number of aromatic nitrogens is 2. The molecule has 2 rings (SSSR count). The van der Waals surface area contributed by atoms with Crippen LogP contribution in [0.25, 0.3) is 0 Å². The summed E-state index contributed by atoms with van der Waals surface area (Å²) in [5.74, 6) is -0.185. The van der Waals surface area contributed by atoms with Crippen LogP contribution in [-0.4, -0.2) is 46.4 Å². The summed E-state index contributed by atoms with van der Waals surface area (Å²) >= 11 is 0. The summed E-state index contributed by atoms with van der Waals surface area (Å²) in [6.45, 7) is 6.86. The molecule has 0 radical (unpaired) electrons. The van der Waals surface area contributed by atoms with Crippen molar-refractivity contribution in [3.63, 3.8) is 0 Å².